The van der Waals surface area contributed by atoms with Crippen molar-refractivity contribution in [3.8, 4) is 0 Å². The maximum Gasteiger partial charge on any atom is 0.301 e. The van der Waals surface area contributed by atoms with Crippen molar-refractivity contribution < 1.29 is 13.5 Å². The molecule has 1 heterocycles. The average Bonchev–Trinajstić information content (AvgIpc) is 2.38. The molecular formula is C13H20N2O3S. The Morgan fingerprint density at radius 3 is 2.89 bits per heavy atom. The maximum atomic E-state index is 12.3. The summed E-state index contributed by atoms with van der Waals surface area (Å²) in [5, 5.41) is 9.06. The summed E-state index contributed by atoms with van der Waals surface area (Å²) in [5.74, 6) is 0. The van der Waals surface area contributed by atoms with Crippen molar-refractivity contribution in [3.05, 3.63) is 29.8 Å². The highest BCUT2D eigenvalue weighted by Crippen LogP contribution is 2.22. The molecule has 1 fully saturated rings. The number of benzene rings is 1. The third-order valence-electron chi connectivity index (χ3n) is 3.41. The Morgan fingerprint density at radius 1 is 1.42 bits per heavy atom. The summed E-state index contributed by atoms with van der Waals surface area (Å²) < 4.78 is 28.7. The van der Waals surface area contributed by atoms with Crippen LogP contribution in [0.15, 0.2) is 24.3 Å². The molecule has 0 aliphatic carbocycles. The van der Waals surface area contributed by atoms with Gasteiger partial charge >= 0.3 is 10.2 Å². The number of hydrogen-bond donors (Lipinski definition) is 2. The molecule has 0 aromatic heterocycles. The van der Waals surface area contributed by atoms with Crippen molar-refractivity contribution in [1.82, 2.24) is 4.31 Å². The summed E-state index contributed by atoms with van der Waals surface area (Å²) in [4.78, 5) is 0. The number of nitrogens with zero attached hydrogens (tertiary/aromatic N) is 1. The molecule has 6 heteroatoms. The van der Waals surface area contributed by atoms with Gasteiger partial charge in [-0.1, -0.05) is 18.6 Å². The summed E-state index contributed by atoms with van der Waals surface area (Å²) in [7, 11) is -3.51. The van der Waals surface area contributed by atoms with Gasteiger partial charge in [-0.2, -0.15) is 12.7 Å². The average molecular weight is 284 g/mol. The van der Waals surface area contributed by atoms with E-state index < -0.39 is 10.2 Å². The molecule has 1 saturated heterocycles. The molecule has 0 amide bonds. The van der Waals surface area contributed by atoms with Gasteiger partial charge in [-0.3, -0.25) is 4.72 Å². The largest absolute Gasteiger partial charge is 0.392 e. The fourth-order valence-corrected chi connectivity index (χ4v) is 3.86. The number of anilines is 1. The SMILES string of the molecule is CC1CCCCN1S(=O)(=O)Nc1cccc(CO)c1. The van der Waals surface area contributed by atoms with E-state index in [4.69, 9.17) is 5.11 Å². The highest BCUT2D eigenvalue weighted by Gasteiger charge is 2.29. The molecule has 0 spiro atoms. The minimum Gasteiger partial charge on any atom is -0.392 e. The van der Waals surface area contributed by atoms with Gasteiger partial charge in [0.2, 0.25) is 0 Å². The first-order valence-electron chi connectivity index (χ1n) is 6.52. The number of hydrogen-bond acceptors (Lipinski definition) is 3. The minimum absolute atomic E-state index is 0.0345. The van der Waals surface area contributed by atoms with E-state index in [0.717, 1.165) is 19.3 Å². The van der Waals surface area contributed by atoms with Crippen LogP contribution < -0.4 is 4.72 Å². The number of aliphatic hydroxyl groups is 1. The van der Waals surface area contributed by atoms with Gasteiger partial charge in [0, 0.05) is 12.6 Å². The highest BCUT2D eigenvalue weighted by atomic mass is 32.2. The second-order valence-electron chi connectivity index (χ2n) is 4.92. The topological polar surface area (TPSA) is 69.6 Å². The highest BCUT2D eigenvalue weighted by molar-refractivity contribution is 7.90. The van der Waals surface area contributed by atoms with Gasteiger partial charge < -0.3 is 5.11 Å². The molecule has 1 aromatic rings. The van der Waals surface area contributed by atoms with Crippen molar-refractivity contribution in [2.45, 2.75) is 38.8 Å². The van der Waals surface area contributed by atoms with Crippen LogP contribution in [0.5, 0.6) is 0 Å². The zero-order chi connectivity index (χ0) is 13.9. The first-order chi connectivity index (χ1) is 9.03. The van der Waals surface area contributed by atoms with Crippen LogP contribution in [-0.2, 0) is 16.8 Å². The normalized spacial score (nSPS) is 21.3. The van der Waals surface area contributed by atoms with Crippen LogP contribution >= 0.6 is 0 Å². The summed E-state index contributed by atoms with van der Waals surface area (Å²) in [6.07, 6.45) is 2.88. The molecule has 1 aliphatic heterocycles. The van der Waals surface area contributed by atoms with E-state index in [2.05, 4.69) is 4.72 Å². The minimum atomic E-state index is -3.51. The number of piperidine rings is 1. The van der Waals surface area contributed by atoms with Gasteiger partial charge in [-0.15, -0.1) is 0 Å². The van der Waals surface area contributed by atoms with Gasteiger partial charge in [0.25, 0.3) is 0 Å². The van der Waals surface area contributed by atoms with Crippen LogP contribution in [0.3, 0.4) is 0 Å². The van der Waals surface area contributed by atoms with Gasteiger partial charge in [0.15, 0.2) is 0 Å². The van der Waals surface area contributed by atoms with Gasteiger partial charge in [0.05, 0.1) is 12.3 Å². The van der Waals surface area contributed by atoms with Crippen LogP contribution in [0, 0.1) is 0 Å². The molecule has 1 atom stereocenters. The maximum absolute atomic E-state index is 12.3. The molecular weight excluding hydrogens is 264 g/mol. The molecule has 2 N–H and O–H groups in total. The number of aliphatic hydroxyl groups excluding tert-OH is 1. The monoisotopic (exact) mass is 284 g/mol. The van der Waals surface area contributed by atoms with Crippen molar-refractivity contribution in [3.63, 3.8) is 0 Å². The van der Waals surface area contributed by atoms with Crippen molar-refractivity contribution in [1.29, 1.82) is 0 Å². The molecule has 0 saturated carbocycles. The standard InChI is InChI=1S/C13H20N2O3S/c1-11-5-2-3-8-15(11)19(17,18)14-13-7-4-6-12(9-13)10-16/h4,6-7,9,11,14,16H,2-3,5,8,10H2,1H3. The third kappa shape index (κ3) is 3.46. The number of rotatable bonds is 4. The van der Waals surface area contributed by atoms with Crippen LogP contribution in [0.4, 0.5) is 5.69 Å². The molecule has 1 unspecified atom stereocenters. The Bertz CT molecular complexity index is 530. The quantitative estimate of drug-likeness (QED) is 0.884. The lowest BCUT2D eigenvalue weighted by atomic mass is 10.1. The Morgan fingerprint density at radius 2 is 2.21 bits per heavy atom. The molecule has 0 bridgehead atoms. The molecule has 5 nitrogen and oxygen atoms in total. The summed E-state index contributed by atoms with van der Waals surface area (Å²) in [5.41, 5.74) is 1.18. The fourth-order valence-electron chi connectivity index (χ4n) is 2.37. The molecule has 0 radical (unpaired) electrons. The lowest BCUT2D eigenvalue weighted by Gasteiger charge is -2.32. The predicted octanol–water partition coefficient (Wildman–Crippen LogP) is 1.71. The van der Waals surface area contributed by atoms with Crippen molar-refractivity contribution in [2.24, 2.45) is 0 Å². The first kappa shape index (κ1) is 14.3. The van der Waals surface area contributed by atoms with E-state index in [1.807, 2.05) is 6.92 Å². The molecule has 1 aromatic carbocycles. The van der Waals surface area contributed by atoms with E-state index in [9.17, 15) is 8.42 Å². The first-order valence-corrected chi connectivity index (χ1v) is 7.96. The lowest BCUT2D eigenvalue weighted by molar-refractivity contribution is 0.270. The van der Waals surface area contributed by atoms with E-state index in [-0.39, 0.29) is 12.6 Å². The zero-order valence-corrected chi connectivity index (χ0v) is 11.9. The van der Waals surface area contributed by atoms with Crippen LogP contribution in [0.2, 0.25) is 0 Å². The van der Waals surface area contributed by atoms with Gasteiger partial charge in [0.1, 0.15) is 0 Å². The smallest absolute Gasteiger partial charge is 0.301 e. The lowest BCUT2D eigenvalue weighted by Crippen LogP contribution is -2.44. The summed E-state index contributed by atoms with van der Waals surface area (Å²) >= 11 is 0. The molecule has 106 valence electrons. The van der Waals surface area contributed by atoms with Gasteiger partial charge in [-0.25, -0.2) is 0 Å². The van der Waals surface area contributed by atoms with E-state index in [1.54, 1.807) is 24.3 Å². The van der Waals surface area contributed by atoms with E-state index in [0.29, 0.717) is 17.8 Å². The second kappa shape index (κ2) is 5.90. The molecule has 19 heavy (non-hydrogen) atoms. The second-order valence-corrected chi connectivity index (χ2v) is 6.54. The van der Waals surface area contributed by atoms with Crippen molar-refractivity contribution in [2.75, 3.05) is 11.3 Å². The Kier molecular flexibility index (Phi) is 4.44. The Labute approximate surface area is 114 Å². The third-order valence-corrected chi connectivity index (χ3v) is 5.06. The van der Waals surface area contributed by atoms with Crippen LogP contribution in [0.25, 0.3) is 0 Å². The fraction of sp³-hybridized carbons (Fsp3) is 0.538. The predicted molar refractivity (Wildman–Crippen MR) is 74.9 cm³/mol. The van der Waals surface area contributed by atoms with E-state index >= 15 is 0 Å². The molecule has 1 aliphatic rings. The van der Waals surface area contributed by atoms with Crippen LogP contribution in [0.1, 0.15) is 31.7 Å². The zero-order valence-electron chi connectivity index (χ0n) is 11.0. The van der Waals surface area contributed by atoms with E-state index in [1.165, 1.54) is 4.31 Å². The summed E-state index contributed by atoms with van der Waals surface area (Å²) in [6, 6.07) is 6.84. The Hall–Kier alpha value is -1.11. The van der Waals surface area contributed by atoms with Crippen molar-refractivity contribution >= 4 is 15.9 Å². The molecule has 2 rings (SSSR count). The van der Waals surface area contributed by atoms with Crippen LogP contribution in [-0.4, -0.2) is 30.4 Å². The summed E-state index contributed by atoms with van der Waals surface area (Å²) in [6.45, 7) is 2.40. The Balaban J connectivity index is 2.15. The number of nitrogens with one attached hydrogen (secondary N) is 1. The van der Waals surface area contributed by atoms with Gasteiger partial charge in [-0.05, 0) is 37.5 Å².